The Kier molecular flexibility index (Phi) is 4.41. The summed E-state index contributed by atoms with van der Waals surface area (Å²) in [5.74, 6) is -1.30. The van der Waals surface area contributed by atoms with Crippen LogP contribution in [0.15, 0.2) is 23.3 Å². The van der Waals surface area contributed by atoms with E-state index in [9.17, 15) is 13.6 Å². The molecular weight excluding hydrogens is 328 g/mol. The molecule has 1 saturated heterocycles. The molecule has 2 aliphatic heterocycles. The second-order valence-electron chi connectivity index (χ2n) is 6.95. The second-order valence-corrected chi connectivity index (χ2v) is 6.95. The van der Waals surface area contributed by atoms with Crippen LogP contribution in [0.25, 0.3) is 0 Å². The van der Waals surface area contributed by atoms with Gasteiger partial charge in [0.05, 0.1) is 31.3 Å². The summed E-state index contributed by atoms with van der Waals surface area (Å²) in [6.45, 7) is 1.09. The molecule has 1 atom stereocenters. The number of hydrogen-bond donors (Lipinski definition) is 0. The van der Waals surface area contributed by atoms with E-state index in [1.54, 1.807) is 11.1 Å². The number of rotatable bonds is 3. The molecule has 134 valence electrons. The summed E-state index contributed by atoms with van der Waals surface area (Å²) in [6, 6.07) is 2.63. The molecule has 1 aromatic carbocycles. The SMILES string of the molecule is O=C(N1CC(OC2CCCC2)C1)N1N=CC[C@H]1c1cc(F)cc(F)c1. The van der Waals surface area contributed by atoms with Crippen molar-refractivity contribution < 1.29 is 18.3 Å². The van der Waals surface area contributed by atoms with Crippen molar-refractivity contribution in [2.45, 2.75) is 50.4 Å². The number of ether oxygens (including phenoxy) is 1. The zero-order valence-electron chi connectivity index (χ0n) is 13.9. The summed E-state index contributed by atoms with van der Waals surface area (Å²) in [5.41, 5.74) is 0.419. The minimum absolute atomic E-state index is 0.0868. The first-order valence-electron chi connectivity index (χ1n) is 8.82. The van der Waals surface area contributed by atoms with E-state index in [0.717, 1.165) is 18.9 Å². The molecule has 2 heterocycles. The number of urea groups is 1. The third-order valence-electron chi connectivity index (χ3n) is 5.10. The number of benzene rings is 1. The summed E-state index contributed by atoms with van der Waals surface area (Å²) >= 11 is 0. The van der Waals surface area contributed by atoms with Gasteiger partial charge in [-0.1, -0.05) is 12.8 Å². The molecule has 7 heteroatoms. The predicted octanol–water partition coefficient (Wildman–Crippen LogP) is 3.46. The Morgan fingerprint density at radius 1 is 1.08 bits per heavy atom. The van der Waals surface area contributed by atoms with E-state index in [-0.39, 0.29) is 12.1 Å². The normalized spacial score (nSPS) is 24.2. The first-order chi connectivity index (χ1) is 12.1. The maximum atomic E-state index is 13.5. The summed E-state index contributed by atoms with van der Waals surface area (Å²) in [4.78, 5) is 14.3. The Balaban J connectivity index is 1.37. The molecule has 2 amide bonds. The standard InChI is InChI=1S/C18H21F2N3O2/c19-13-7-12(8-14(20)9-13)17-5-6-21-23(17)18(24)22-10-16(11-22)25-15-3-1-2-4-15/h6-9,15-17H,1-5,10-11H2/t17-/m0/s1. The highest BCUT2D eigenvalue weighted by atomic mass is 19.1. The molecule has 1 aromatic rings. The molecule has 3 aliphatic rings. The number of amides is 2. The van der Waals surface area contributed by atoms with Crippen LogP contribution in [0.5, 0.6) is 0 Å². The summed E-state index contributed by atoms with van der Waals surface area (Å²) in [6.07, 6.45) is 7.12. The molecule has 25 heavy (non-hydrogen) atoms. The summed E-state index contributed by atoms with van der Waals surface area (Å²) in [7, 11) is 0. The van der Waals surface area contributed by atoms with Crippen LogP contribution in [0.3, 0.4) is 0 Å². The number of carbonyl (C=O) groups excluding carboxylic acids is 1. The van der Waals surface area contributed by atoms with Crippen molar-refractivity contribution in [2.75, 3.05) is 13.1 Å². The van der Waals surface area contributed by atoms with Gasteiger partial charge in [-0.05, 0) is 30.5 Å². The molecule has 0 aromatic heterocycles. The van der Waals surface area contributed by atoms with E-state index >= 15 is 0 Å². The Hall–Kier alpha value is -2.02. The highest BCUT2D eigenvalue weighted by Gasteiger charge is 2.39. The van der Waals surface area contributed by atoms with E-state index in [2.05, 4.69) is 5.10 Å². The van der Waals surface area contributed by atoms with Crippen molar-refractivity contribution in [1.82, 2.24) is 9.91 Å². The second kappa shape index (κ2) is 6.71. The fourth-order valence-electron chi connectivity index (χ4n) is 3.76. The Bertz CT molecular complexity index is 665. The van der Waals surface area contributed by atoms with Gasteiger partial charge >= 0.3 is 6.03 Å². The Morgan fingerprint density at radius 3 is 2.44 bits per heavy atom. The highest BCUT2D eigenvalue weighted by molar-refractivity contribution is 5.79. The molecular formula is C18H21F2N3O2. The molecule has 0 radical (unpaired) electrons. The van der Waals surface area contributed by atoms with Crippen molar-refractivity contribution >= 4 is 12.2 Å². The smallest absolute Gasteiger partial charge is 0.341 e. The molecule has 4 rings (SSSR count). The summed E-state index contributed by atoms with van der Waals surface area (Å²) in [5, 5.41) is 5.43. The van der Waals surface area contributed by atoms with E-state index in [0.29, 0.717) is 31.2 Å². The molecule has 2 fully saturated rings. The summed E-state index contributed by atoms with van der Waals surface area (Å²) < 4.78 is 32.9. The number of halogens is 2. The Morgan fingerprint density at radius 2 is 1.76 bits per heavy atom. The van der Waals surface area contributed by atoms with E-state index in [4.69, 9.17) is 4.74 Å². The fraction of sp³-hybridized carbons (Fsp3) is 0.556. The number of nitrogens with zero attached hydrogens (tertiary/aromatic N) is 3. The molecule has 5 nitrogen and oxygen atoms in total. The molecule has 1 saturated carbocycles. The van der Waals surface area contributed by atoms with Crippen LogP contribution in [0, 0.1) is 11.6 Å². The van der Waals surface area contributed by atoms with Gasteiger partial charge in [0.15, 0.2) is 0 Å². The van der Waals surface area contributed by atoms with Gasteiger partial charge in [-0.15, -0.1) is 0 Å². The van der Waals surface area contributed by atoms with Crippen molar-refractivity contribution in [1.29, 1.82) is 0 Å². The highest BCUT2D eigenvalue weighted by Crippen LogP contribution is 2.32. The maximum absolute atomic E-state index is 13.5. The lowest BCUT2D eigenvalue weighted by Gasteiger charge is -2.42. The third-order valence-corrected chi connectivity index (χ3v) is 5.10. The van der Waals surface area contributed by atoms with E-state index in [1.807, 2.05) is 0 Å². The van der Waals surface area contributed by atoms with E-state index < -0.39 is 17.7 Å². The van der Waals surface area contributed by atoms with Gasteiger partial charge in [0, 0.05) is 18.7 Å². The van der Waals surface area contributed by atoms with Crippen LogP contribution >= 0.6 is 0 Å². The predicted molar refractivity (Wildman–Crippen MR) is 88.1 cm³/mol. The van der Waals surface area contributed by atoms with Gasteiger partial charge in [-0.3, -0.25) is 0 Å². The quantitative estimate of drug-likeness (QED) is 0.839. The van der Waals surface area contributed by atoms with E-state index in [1.165, 1.54) is 30.0 Å². The largest absolute Gasteiger partial charge is 0.371 e. The molecule has 0 unspecified atom stereocenters. The van der Waals surface area contributed by atoms with Crippen LogP contribution in [-0.4, -0.2) is 47.5 Å². The number of hydrogen-bond acceptors (Lipinski definition) is 3. The van der Waals surface area contributed by atoms with Gasteiger partial charge in [0.2, 0.25) is 0 Å². The average molecular weight is 349 g/mol. The fourth-order valence-corrected chi connectivity index (χ4v) is 3.76. The van der Waals surface area contributed by atoms with Crippen LogP contribution in [0.2, 0.25) is 0 Å². The van der Waals surface area contributed by atoms with Crippen LogP contribution < -0.4 is 0 Å². The lowest BCUT2D eigenvalue weighted by Crippen LogP contribution is -2.58. The van der Waals surface area contributed by atoms with Crippen LogP contribution in [0.4, 0.5) is 13.6 Å². The van der Waals surface area contributed by atoms with Gasteiger partial charge in [0.25, 0.3) is 0 Å². The molecule has 0 spiro atoms. The molecule has 1 aliphatic carbocycles. The van der Waals surface area contributed by atoms with Crippen LogP contribution in [-0.2, 0) is 4.74 Å². The molecule has 0 N–H and O–H groups in total. The van der Waals surface area contributed by atoms with Crippen molar-refractivity contribution in [2.24, 2.45) is 5.10 Å². The number of hydrazone groups is 1. The van der Waals surface area contributed by atoms with Crippen molar-refractivity contribution in [3.63, 3.8) is 0 Å². The van der Waals surface area contributed by atoms with Crippen molar-refractivity contribution in [3.05, 3.63) is 35.4 Å². The lowest BCUT2D eigenvalue weighted by atomic mass is 10.0. The minimum Gasteiger partial charge on any atom is -0.371 e. The van der Waals surface area contributed by atoms with Gasteiger partial charge in [-0.25, -0.2) is 18.6 Å². The zero-order valence-corrected chi connectivity index (χ0v) is 13.9. The third kappa shape index (κ3) is 3.38. The molecule has 0 bridgehead atoms. The lowest BCUT2D eigenvalue weighted by molar-refractivity contribution is -0.0785. The first-order valence-corrected chi connectivity index (χ1v) is 8.82. The monoisotopic (exact) mass is 349 g/mol. The first kappa shape index (κ1) is 16.4. The van der Waals surface area contributed by atoms with Gasteiger partial charge in [0.1, 0.15) is 11.6 Å². The zero-order chi connectivity index (χ0) is 17.4. The van der Waals surface area contributed by atoms with Gasteiger partial charge < -0.3 is 9.64 Å². The van der Waals surface area contributed by atoms with Crippen LogP contribution in [0.1, 0.15) is 43.7 Å². The van der Waals surface area contributed by atoms with Gasteiger partial charge in [-0.2, -0.15) is 5.10 Å². The Labute approximate surface area is 145 Å². The number of likely N-dealkylation sites (tertiary alicyclic amines) is 1. The average Bonchev–Trinajstić information content (AvgIpc) is 3.20. The number of carbonyl (C=O) groups is 1. The van der Waals surface area contributed by atoms with Crippen molar-refractivity contribution in [3.8, 4) is 0 Å². The maximum Gasteiger partial charge on any atom is 0.341 e. The topological polar surface area (TPSA) is 45.1 Å². The minimum atomic E-state index is -0.650.